The van der Waals surface area contributed by atoms with E-state index < -0.39 is 4.92 Å². The van der Waals surface area contributed by atoms with Crippen molar-refractivity contribution < 1.29 is 14.5 Å². The highest BCUT2D eigenvalue weighted by Crippen LogP contribution is 2.29. The first-order valence-corrected chi connectivity index (χ1v) is 10.2. The van der Waals surface area contributed by atoms with Gasteiger partial charge in [0.15, 0.2) is 0 Å². The number of aryl methyl sites for hydroxylation is 1. The minimum atomic E-state index is -0.515. The summed E-state index contributed by atoms with van der Waals surface area (Å²) in [7, 11) is 1.39. The van der Waals surface area contributed by atoms with Gasteiger partial charge in [0.2, 0.25) is 0 Å². The summed E-state index contributed by atoms with van der Waals surface area (Å²) in [6.45, 7) is 2.19. The Morgan fingerprint density at radius 2 is 1.87 bits per heavy atom. The van der Waals surface area contributed by atoms with Crippen LogP contribution in [0.15, 0.2) is 60.8 Å². The topological polar surface area (TPSA) is 94.4 Å². The minimum absolute atomic E-state index is 0.108. The van der Waals surface area contributed by atoms with E-state index in [-0.39, 0.29) is 17.3 Å². The normalized spacial score (nSPS) is 10.5. The number of hydrogen-bond acceptors (Lipinski definition) is 5. The maximum Gasteiger partial charge on any atom is 0.273 e. The third-order valence-electron chi connectivity index (χ3n) is 4.98. The summed E-state index contributed by atoms with van der Waals surface area (Å²) < 4.78 is 5.16. The maximum atomic E-state index is 12.6. The second kappa shape index (κ2) is 10.3. The van der Waals surface area contributed by atoms with Crippen molar-refractivity contribution in [3.05, 3.63) is 82.0 Å². The Balaban J connectivity index is 1.68. The number of non-ortho nitro benzene ring substituents is 1. The number of nitro groups is 1. The molecule has 31 heavy (non-hydrogen) atoms. The van der Waals surface area contributed by atoms with E-state index >= 15 is 0 Å². The van der Waals surface area contributed by atoms with E-state index in [1.807, 2.05) is 24.4 Å². The molecule has 0 radical (unpaired) electrons. The van der Waals surface area contributed by atoms with Gasteiger partial charge < -0.3 is 10.1 Å². The lowest BCUT2D eigenvalue weighted by atomic mass is 10.1. The van der Waals surface area contributed by atoms with Crippen molar-refractivity contribution in [3.8, 4) is 17.0 Å². The number of methoxy groups -OCH3 is 1. The highest BCUT2D eigenvalue weighted by molar-refractivity contribution is 6.05. The summed E-state index contributed by atoms with van der Waals surface area (Å²) in [6, 6.07) is 15.3. The van der Waals surface area contributed by atoms with Crippen molar-refractivity contribution in [3.63, 3.8) is 0 Å². The van der Waals surface area contributed by atoms with Crippen LogP contribution in [0.1, 0.15) is 42.1 Å². The van der Waals surface area contributed by atoms with Crippen LogP contribution in [0, 0.1) is 10.1 Å². The van der Waals surface area contributed by atoms with Crippen LogP contribution < -0.4 is 10.1 Å². The molecule has 1 N–H and O–H groups in total. The second-order valence-electron chi connectivity index (χ2n) is 7.18. The van der Waals surface area contributed by atoms with Gasteiger partial charge in [-0.2, -0.15) is 0 Å². The molecule has 7 heteroatoms. The average Bonchev–Trinajstić information content (AvgIpc) is 2.80. The Morgan fingerprint density at radius 1 is 1.10 bits per heavy atom. The summed E-state index contributed by atoms with van der Waals surface area (Å²) in [4.78, 5) is 27.5. The number of hydrogen-bond donors (Lipinski definition) is 1. The molecule has 1 heterocycles. The van der Waals surface area contributed by atoms with Crippen molar-refractivity contribution in [2.75, 3.05) is 12.4 Å². The van der Waals surface area contributed by atoms with Gasteiger partial charge in [-0.25, -0.2) is 0 Å². The molecule has 0 fully saturated rings. The molecule has 0 aliphatic heterocycles. The molecule has 0 aliphatic rings. The molecular weight excluding hydrogens is 394 g/mol. The number of carbonyl (C=O) groups is 1. The van der Waals surface area contributed by atoms with Gasteiger partial charge in [0.05, 0.1) is 29.5 Å². The number of amides is 1. The van der Waals surface area contributed by atoms with Gasteiger partial charge in [-0.15, -0.1) is 0 Å². The molecule has 2 aromatic carbocycles. The number of aromatic nitrogens is 1. The molecule has 0 aliphatic carbocycles. The largest absolute Gasteiger partial charge is 0.494 e. The van der Waals surface area contributed by atoms with Crippen LogP contribution in [0.25, 0.3) is 11.3 Å². The summed E-state index contributed by atoms with van der Waals surface area (Å²) in [6.07, 6.45) is 6.53. The molecule has 0 saturated heterocycles. The third-order valence-corrected chi connectivity index (χ3v) is 4.98. The van der Waals surface area contributed by atoms with E-state index in [0.29, 0.717) is 11.3 Å². The molecule has 0 unspecified atom stereocenters. The van der Waals surface area contributed by atoms with Crippen molar-refractivity contribution in [2.45, 2.75) is 32.6 Å². The van der Waals surface area contributed by atoms with Crippen LogP contribution in [0.2, 0.25) is 0 Å². The Kier molecular flexibility index (Phi) is 7.32. The number of nitrogens with zero attached hydrogens (tertiary/aromatic N) is 2. The summed E-state index contributed by atoms with van der Waals surface area (Å²) in [5.41, 5.74) is 3.71. The van der Waals surface area contributed by atoms with Crippen LogP contribution in [0.4, 0.5) is 11.4 Å². The first kappa shape index (κ1) is 22.0. The number of anilines is 1. The van der Waals surface area contributed by atoms with Crippen LogP contribution >= 0.6 is 0 Å². The van der Waals surface area contributed by atoms with E-state index in [0.717, 1.165) is 17.7 Å². The quantitative estimate of drug-likeness (QED) is 0.275. The highest BCUT2D eigenvalue weighted by atomic mass is 16.6. The van der Waals surface area contributed by atoms with Crippen LogP contribution in [0.5, 0.6) is 5.75 Å². The van der Waals surface area contributed by atoms with Crippen molar-refractivity contribution in [1.29, 1.82) is 0 Å². The van der Waals surface area contributed by atoms with Gasteiger partial charge >= 0.3 is 0 Å². The van der Waals surface area contributed by atoms with E-state index in [9.17, 15) is 14.9 Å². The predicted octanol–water partition coefficient (Wildman–Crippen LogP) is 5.65. The predicted molar refractivity (Wildman–Crippen MR) is 121 cm³/mol. The van der Waals surface area contributed by atoms with Gasteiger partial charge in [-0.3, -0.25) is 19.9 Å². The monoisotopic (exact) mass is 419 g/mol. The van der Waals surface area contributed by atoms with Gasteiger partial charge in [-0.1, -0.05) is 38.0 Å². The lowest BCUT2D eigenvalue weighted by Crippen LogP contribution is -2.12. The van der Waals surface area contributed by atoms with E-state index in [1.165, 1.54) is 50.1 Å². The maximum absolute atomic E-state index is 12.6. The smallest absolute Gasteiger partial charge is 0.273 e. The van der Waals surface area contributed by atoms with Crippen molar-refractivity contribution >= 4 is 17.3 Å². The Hall–Kier alpha value is -3.74. The zero-order valence-electron chi connectivity index (χ0n) is 17.6. The number of pyridine rings is 1. The standard InChI is InChI=1S/C24H25N3O4/c1-3-4-5-6-17-7-13-21(25-16-17)18-8-10-19(11-9-18)24(28)26-22-14-12-20(27(29)30)15-23(22)31-2/h7-16H,3-6H2,1-2H3,(H,26,28). The van der Waals surface area contributed by atoms with Crippen LogP contribution in [0.3, 0.4) is 0 Å². The Bertz CT molecular complexity index is 1050. The number of nitrogens with one attached hydrogen (secondary N) is 1. The molecule has 0 bridgehead atoms. The van der Waals surface area contributed by atoms with E-state index in [1.54, 1.807) is 12.1 Å². The first-order valence-electron chi connectivity index (χ1n) is 10.2. The third kappa shape index (κ3) is 5.66. The number of unbranched alkanes of at least 4 members (excludes halogenated alkanes) is 2. The number of ether oxygens (including phenoxy) is 1. The molecule has 1 amide bonds. The lowest BCUT2D eigenvalue weighted by Gasteiger charge is -2.10. The second-order valence-corrected chi connectivity index (χ2v) is 7.18. The molecule has 0 saturated carbocycles. The molecule has 7 nitrogen and oxygen atoms in total. The van der Waals surface area contributed by atoms with Crippen LogP contribution in [-0.2, 0) is 6.42 Å². The number of carbonyl (C=O) groups excluding carboxylic acids is 1. The van der Waals surface area contributed by atoms with Crippen molar-refractivity contribution in [2.24, 2.45) is 0 Å². The molecule has 1 aromatic heterocycles. The lowest BCUT2D eigenvalue weighted by molar-refractivity contribution is -0.384. The highest BCUT2D eigenvalue weighted by Gasteiger charge is 2.14. The number of nitro benzene ring substituents is 1. The first-order chi connectivity index (χ1) is 15.0. The van der Waals surface area contributed by atoms with Gasteiger partial charge in [0, 0.05) is 23.4 Å². The van der Waals surface area contributed by atoms with Gasteiger partial charge in [0.1, 0.15) is 5.75 Å². The number of benzene rings is 2. The summed E-state index contributed by atoms with van der Waals surface area (Å²) >= 11 is 0. The molecule has 3 aromatic rings. The zero-order valence-corrected chi connectivity index (χ0v) is 17.6. The molecule has 3 rings (SSSR count). The molecule has 0 atom stereocenters. The fraction of sp³-hybridized carbons (Fsp3) is 0.250. The van der Waals surface area contributed by atoms with E-state index in [4.69, 9.17) is 4.74 Å². The average molecular weight is 419 g/mol. The Morgan fingerprint density at radius 3 is 2.48 bits per heavy atom. The fourth-order valence-corrected chi connectivity index (χ4v) is 3.21. The summed E-state index contributed by atoms with van der Waals surface area (Å²) in [5, 5.41) is 13.6. The molecule has 160 valence electrons. The number of rotatable bonds is 9. The summed E-state index contributed by atoms with van der Waals surface area (Å²) in [5.74, 6) is -0.111. The SMILES string of the molecule is CCCCCc1ccc(-c2ccc(C(=O)Nc3ccc([N+](=O)[O-])cc3OC)cc2)nc1. The fourth-order valence-electron chi connectivity index (χ4n) is 3.21. The van der Waals surface area contributed by atoms with Gasteiger partial charge in [-0.05, 0) is 42.7 Å². The Labute approximate surface area is 181 Å². The van der Waals surface area contributed by atoms with Crippen molar-refractivity contribution in [1.82, 2.24) is 4.98 Å². The zero-order chi connectivity index (χ0) is 22.2. The van der Waals surface area contributed by atoms with Gasteiger partial charge in [0.25, 0.3) is 11.6 Å². The molecule has 0 spiro atoms. The minimum Gasteiger partial charge on any atom is -0.494 e. The molecular formula is C24H25N3O4. The van der Waals surface area contributed by atoms with E-state index in [2.05, 4.69) is 23.3 Å². The van der Waals surface area contributed by atoms with Crippen LogP contribution in [-0.4, -0.2) is 22.9 Å².